The van der Waals surface area contributed by atoms with E-state index in [2.05, 4.69) is 10.2 Å². The number of carbonyl (C=O) groups excluding carboxylic acids is 1. The third-order valence-corrected chi connectivity index (χ3v) is 6.32. The predicted octanol–water partition coefficient (Wildman–Crippen LogP) is 1.31. The lowest BCUT2D eigenvalue weighted by Crippen LogP contribution is -2.38. The van der Waals surface area contributed by atoms with Crippen molar-refractivity contribution in [3.8, 4) is 0 Å². The van der Waals surface area contributed by atoms with Crippen LogP contribution in [0.1, 0.15) is 30.6 Å². The maximum atomic E-state index is 12.2. The first-order valence-electron chi connectivity index (χ1n) is 9.16. The molecule has 2 rings (SSSR count). The van der Waals surface area contributed by atoms with E-state index in [4.69, 9.17) is 4.74 Å². The largest absolute Gasteiger partial charge is 0.379 e. The standard InChI is InChI=1S/C18H29N3O4S/c1-3-21(26(23,24)4-2)17-8-6-16(7-9-17)18(22)19-10-5-11-20-12-14-25-15-13-20/h6-9H,3-5,10-15H2,1-2H3,(H,19,22). The molecule has 0 atom stereocenters. The Morgan fingerprint density at radius 1 is 1.19 bits per heavy atom. The van der Waals surface area contributed by atoms with Crippen molar-refractivity contribution in [1.82, 2.24) is 10.2 Å². The average Bonchev–Trinajstić information content (AvgIpc) is 2.67. The molecule has 0 radical (unpaired) electrons. The molecular weight excluding hydrogens is 354 g/mol. The second kappa shape index (κ2) is 9.89. The number of amides is 1. The summed E-state index contributed by atoms with van der Waals surface area (Å²) in [6.07, 6.45) is 0.891. The number of hydrogen-bond acceptors (Lipinski definition) is 5. The Morgan fingerprint density at radius 3 is 2.42 bits per heavy atom. The molecule has 0 aromatic heterocycles. The van der Waals surface area contributed by atoms with Gasteiger partial charge < -0.3 is 10.1 Å². The van der Waals surface area contributed by atoms with Crippen LogP contribution in [0.4, 0.5) is 5.69 Å². The first kappa shape index (κ1) is 20.7. The molecule has 1 aliphatic rings. The number of sulfonamides is 1. The number of nitrogens with one attached hydrogen (secondary N) is 1. The van der Waals surface area contributed by atoms with Crippen LogP contribution in [0.3, 0.4) is 0 Å². The highest BCUT2D eigenvalue weighted by molar-refractivity contribution is 7.92. The average molecular weight is 384 g/mol. The lowest BCUT2D eigenvalue weighted by molar-refractivity contribution is 0.0374. The van der Waals surface area contributed by atoms with E-state index >= 15 is 0 Å². The zero-order valence-corrected chi connectivity index (χ0v) is 16.4. The second-order valence-corrected chi connectivity index (χ2v) is 8.36. The summed E-state index contributed by atoms with van der Waals surface area (Å²) in [6.45, 7) is 8.80. The molecule has 8 heteroatoms. The molecule has 0 saturated carbocycles. The van der Waals surface area contributed by atoms with Crippen LogP contribution in [-0.2, 0) is 14.8 Å². The van der Waals surface area contributed by atoms with Crippen LogP contribution in [0.25, 0.3) is 0 Å². The number of rotatable bonds is 9. The third-order valence-electron chi connectivity index (χ3n) is 4.45. The van der Waals surface area contributed by atoms with Gasteiger partial charge in [-0.1, -0.05) is 0 Å². The molecule has 0 unspecified atom stereocenters. The van der Waals surface area contributed by atoms with Gasteiger partial charge in [-0.25, -0.2) is 8.42 Å². The number of benzene rings is 1. The van der Waals surface area contributed by atoms with E-state index in [1.165, 1.54) is 4.31 Å². The zero-order valence-electron chi connectivity index (χ0n) is 15.6. The maximum Gasteiger partial charge on any atom is 0.251 e. The van der Waals surface area contributed by atoms with Crippen molar-refractivity contribution in [2.24, 2.45) is 0 Å². The number of nitrogens with zero attached hydrogens (tertiary/aromatic N) is 2. The fourth-order valence-corrected chi connectivity index (χ4v) is 4.05. The molecule has 26 heavy (non-hydrogen) atoms. The Labute approximate surface area is 156 Å². The molecule has 1 amide bonds. The molecule has 1 N–H and O–H groups in total. The van der Waals surface area contributed by atoms with Gasteiger partial charge >= 0.3 is 0 Å². The summed E-state index contributed by atoms with van der Waals surface area (Å²) in [7, 11) is -3.31. The Bertz CT molecular complexity index is 670. The van der Waals surface area contributed by atoms with Crippen LogP contribution < -0.4 is 9.62 Å². The highest BCUT2D eigenvalue weighted by atomic mass is 32.2. The molecule has 1 heterocycles. The maximum absolute atomic E-state index is 12.2. The monoisotopic (exact) mass is 383 g/mol. The van der Waals surface area contributed by atoms with E-state index in [0.717, 1.165) is 39.3 Å². The minimum Gasteiger partial charge on any atom is -0.379 e. The fraction of sp³-hybridized carbons (Fsp3) is 0.611. The number of hydrogen-bond donors (Lipinski definition) is 1. The van der Waals surface area contributed by atoms with Crippen LogP contribution in [0.2, 0.25) is 0 Å². The lowest BCUT2D eigenvalue weighted by atomic mass is 10.2. The van der Waals surface area contributed by atoms with E-state index < -0.39 is 10.0 Å². The number of morpholine rings is 1. The van der Waals surface area contributed by atoms with Crippen molar-refractivity contribution in [1.29, 1.82) is 0 Å². The van der Waals surface area contributed by atoms with Crippen LogP contribution in [0.15, 0.2) is 24.3 Å². The summed E-state index contributed by atoms with van der Waals surface area (Å²) in [5.41, 5.74) is 1.11. The van der Waals surface area contributed by atoms with Crippen LogP contribution in [0, 0.1) is 0 Å². The third kappa shape index (κ3) is 5.69. The van der Waals surface area contributed by atoms with Crippen molar-refractivity contribution in [2.75, 3.05) is 56.0 Å². The first-order valence-corrected chi connectivity index (χ1v) is 10.8. The van der Waals surface area contributed by atoms with E-state index in [9.17, 15) is 13.2 Å². The molecule has 1 fully saturated rings. The van der Waals surface area contributed by atoms with E-state index in [1.807, 2.05) is 0 Å². The summed E-state index contributed by atoms with van der Waals surface area (Å²) >= 11 is 0. The van der Waals surface area contributed by atoms with Crippen molar-refractivity contribution >= 4 is 21.6 Å². The molecule has 0 bridgehead atoms. The molecule has 7 nitrogen and oxygen atoms in total. The minimum absolute atomic E-state index is 0.0478. The molecule has 1 aromatic rings. The summed E-state index contributed by atoms with van der Waals surface area (Å²) in [4.78, 5) is 14.6. The second-order valence-electron chi connectivity index (χ2n) is 6.18. The van der Waals surface area contributed by atoms with Gasteiger partial charge in [0.1, 0.15) is 0 Å². The zero-order chi connectivity index (χ0) is 19.0. The lowest BCUT2D eigenvalue weighted by Gasteiger charge is -2.26. The number of carbonyl (C=O) groups is 1. The van der Waals surface area contributed by atoms with E-state index in [-0.39, 0.29) is 11.7 Å². The molecular formula is C18H29N3O4S. The van der Waals surface area contributed by atoms with Crippen molar-refractivity contribution in [3.05, 3.63) is 29.8 Å². The minimum atomic E-state index is -3.31. The van der Waals surface area contributed by atoms with E-state index in [0.29, 0.717) is 24.3 Å². The summed E-state index contributed by atoms with van der Waals surface area (Å²) in [5.74, 6) is -0.0911. The van der Waals surface area contributed by atoms with Crippen molar-refractivity contribution < 1.29 is 17.9 Å². The Kier molecular flexibility index (Phi) is 7.86. The smallest absolute Gasteiger partial charge is 0.251 e. The van der Waals surface area contributed by atoms with Crippen LogP contribution in [-0.4, -0.2) is 70.9 Å². The van der Waals surface area contributed by atoms with E-state index in [1.54, 1.807) is 38.1 Å². The van der Waals surface area contributed by atoms with Gasteiger partial charge in [0, 0.05) is 31.7 Å². The molecule has 146 valence electrons. The van der Waals surface area contributed by atoms with Crippen LogP contribution in [0.5, 0.6) is 0 Å². The molecule has 0 aliphatic carbocycles. The number of ether oxygens (including phenoxy) is 1. The molecule has 1 aromatic carbocycles. The molecule has 1 saturated heterocycles. The number of anilines is 1. The van der Waals surface area contributed by atoms with Gasteiger partial charge in [0.25, 0.3) is 5.91 Å². The van der Waals surface area contributed by atoms with Gasteiger partial charge in [-0.2, -0.15) is 0 Å². The first-order chi connectivity index (χ1) is 12.5. The predicted molar refractivity (Wildman–Crippen MR) is 103 cm³/mol. The van der Waals surface area contributed by atoms with Gasteiger partial charge in [-0.15, -0.1) is 0 Å². The SMILES string of the molecule is CCN(c1ccc(C(=O)NCCCN2CCOCC2)cc1)S(=O)(=O)CC. The Balaban J connectivity index is 1.84. The molecule has 0 spiro atoms. The summed E-state index contributed by atoms with van der Waals surface area (Å²) in [5, 5.41) is 2.91. The van der Waals surface area contributed by atoms with Gasteiger partial charge in [-0.3, -0.25) is 14.0 Å². The van der Waals surface area contributed by atoms with Crippen LogP contribution >= 0.6 is 0 Å². The van der Waals surface area contributed by atoms with Gasteiger partial charge in [0.05, 0.1) is 24.7 Å². The highest BCUT2D eigenvalue weighted by Crippen LogP contribution is 2.19. The van der Waals surface area contributed by atoms with Gasteiger partial charge in [0.15, 0.2) is 0 Å². The normalized spacial score (nSPS) is 15.6. The van der Waals surface area contributed by atoms with Crippen molar-refractivity contribution in [2.45, 2.75) is 20.3 Å². The Hall–Kier alpha value is -1.64. The quantitative estimate of drug-likeness (QED) is 0.651. The Morgan fingerprint density at radius 2 is 1.85 bits per heavy atom. The topological polar surface area (TPSA) is 79.0 Å². The summed E-state index contributed by atoms with van der Waals surface area (Å²) in [6, 6.07) is 6.69. The fourth-order valence-electron chi connectivity index (χ4n) is 2.91. The molecule has 1 aliphatic heterocycles. The van der Waals surface area contributed by atoms with Crippen molar-refractivity contribution in [3.63, 3.8) is 0 Å². The highest BCUT2D eigenvalue weighted by Gasteiger charge is 2.19. The van der Waals surface area contributed by atoms with Gasteiger partial charge in [0.2, 0.25) is 10.0 Å². The van der Waals surface area contributed by atoms with Gasteiger partial charge in [-0.05, 0) is 51.1 Å². The summed E-state index contributed by atoms with van der Waals surface area (Å²) < 4.78 is 30.8.